The van der Waals surface area contributed by atoms with Gasteiger partial charge in [0.05, 0.1) is 6.04 Å². The van der Waals surface area contributed by atoms with Crippen LogP contribution in [0.1, 0.15) is 37.3 Å². The topological polar surface area (TPSA) is 61.9 Å². The maximum atomic E-state index is 13.3. The third kappa shape index (κ3) is 5.97. The summed E-state index contributed by atoms with van der Waals surface area (Å²) in [6.45, 7) is 7.79. The minimum absolute atomic E-state index is 0.0243. The third-order valence-electron chi connectivity index (χ3n) is 5.16. The highest BCUT2D eigenvalue weighted by Crippen LogP contribution is 2.34. The van der Waals surface area contributed by atoms with Crippen LogP contribution in [0.4, 0.5) is 9.18 Å². The summed E-state index contributed by atoms with van der Waals surface area (Å²) in [4.78, 5) is 30.4. The molecule has 31 heavy (non-hydrogen) atoms. The monoisotopic (exact) mass is 447 g/mol. The summed E-state index contributed by atoms with van der Waals surface area (Å²) < 4.78 is 19.1. The number of thiophene rings is 1. The molecule has 2 heterocycles. The molecule has 0 fully saturated rings. The fourth-order valence-electron chi connectivity index (χ4n) is 3.76. The minimum Gasteiger partial charge on any atom is -0.491 e. The number of ether oxygens (including phenoxy) is 1. The van der Waals surface area contributed by atoms with Gasteiger partial charge in [-0.2, -0.15) is 0 Å². The standard InChI is InChI=1S/C23H30FN3O3S/c1-4-25-23(29)26(13-16(2)3)14-22(28)27-11-9-21-19(10-12-31-21)20(27)15-30-18-7-5-17(24)6-8-18/h5-8,10,12,16,20H,4,9,11,13-15H2,1-3H3,(H,25,29). The molecule has 168 valence electrons. The Morgan fingerprint density at radius 1 is 1.29 bits per heavy atom. The fourth-order valence-corrected chi connectivity index (χ4v) is 4.69. The molecule has 8 heteroatoms. The molecule has 0 aliphatic carbocycles. The van der Waals surface area contributed by atoms with Crippen LogP contribution in [-0.4, -0.2) is 54.5 Å². The molecule has 1 unspecified atom stereocenters. The lowest BCUT2D eigenvalue weighted by Crippen LogP contribution is -2.50. The van der Waals surface area contributed by atoms with Crippen LogP contribution < -0.4 is 10.1 Å². The number of amides is 3. The van der Waals surface area contributed by atoms with Crippen LogP contribution >= 0.6 is 11.3 Å². The number of fused-ring (bicyclic) bond motifs is 1. The van der Waals surface area contributed by atoms with E-state index in [1.807, 2.05) is 37.1 Å². The number of hydrogen-bond donors (Lipinski definition) is 1. The van der Waals surface area contributed by atoms with E-state index >= 15 is 0 Å². The molecule has 1 aliphatic rings. The van der Waals surface area contributed by atoms with Crippen LogP contribution in [0.5, 0.6) is 5.75 Å². The summed E-state index contributed by atoms with van der Waals surface area (Å²) in [7, 11) is 0. The van der Waals surface area contributed by atoms with Crippen molar-refractivity contribution in [2.24, 2.45) is 5.92 Å². The van der Waals surface area contributed by atoms with Crippen molar-refractivity contribution in [3.8, 4) is 5.75 Å². The predicted molar refractivity (Wildman–Crippen MR) is 120 cm³/mol. The quantitative estimate of drug-likeness (QED) is 0.663. The van der Waals surface area contributed by atoms with Crippen LogP contribution in [-0.2, 0) is 11.2 Å². The van der Waals surface area contributed by atoms with Gasteiger partial charge in [-0.1, -0.05) is 13.8 Å². The van der Waals surface area contributed by atoms with Crippen molar-refractivity contribution in [1.82, 2.24) is 15.1 Å². The first-order valence-electron chi connectivity index (χ1n) is 10.7. The number of urea groups is 1. The van der Waals surface area contributed by atoms with E-state index in [1.165, 1.54) is 17.0 Å². The summed E-state index contributed by atoms with van der Waals surface area (Å²) in [6, 6.07) is 7.43. The van der Waals surface area contributed by atoms with E-state index in [2.05, 4.69) is 5.32 Å². The number of carbonyl (C=O) groups excluding carboxylic acids is 2. The number of nitrogens with zero attached hydrogens (tertiary/aromatic N) is 2. The van der Waals surface area contributed by atoms with Crippen molar-refractivity contribution >= 4 is 23.3 Å². The molecule has 6 nitrogen and oxygen atoms in total. The van der Waals surface area contributed by atoms with E-state index in [4.69, 9.17) is 4.74 Å². The molecule has 1 aromatic heterocycles. The van der Waals surface area contributed by atoms with Crippen molar-refractivity contribution in [2.45, 2.75) is 33.2 Å². The maximum Gasteiger partial charge on any atom is 0.317 e. The minimum atomic E-state index is -0.322. The first-order valence-corrected chi connectivity index (χ1v) is 11.5. The second-order valence-electron chi connectivity index (χ2n) is 8.03. The molecule has 0 saturated carbocycles. The number of carbonyl (C=O) groups is 2. The van der Waals surface area contributed by atoms with Gasteiger partial charge in [-0.25, -0.2) is 9.18 Å². The van der Waals surface area contributed by atoms with Gasteiger partial charge in [0, 0.05) is 24.5 Å². The van der Waals surface area contributed by atoms with E-state index in [9.17, 15) is 14.0 Å². The van der Waals surface area contributed by atoms with Crippen molar-refractivity contribution in [3.05, 3.63) is 52.0 Å². The SMILES string of the molecule is CCNC(=O)N(CC(=O)N1CCc2sccc2C1COc1ccc(F)cc1)CC(C)C. The number of hydrogen-bond acceptors (Lipinski definition) is 4. The van der Waals surface area contributed by atoms with E-state index < -0.39 is 0 Å². The predicted octanol–water partition coefficient (Wildman–Crippen LogP) is 4.08. The molecule has 0 bridgehead atoms. The van der Waals surface area contributed by atoms with Gasteiger partial charge in [0.25, 0.3) is 0 Å². The third-order valence-corrected chi connectivity index (χ3v) is 6.16. The lowest BCUT2D eigenvalue weighted by Gasteiger charge is -2.37. The summed E-state index contributed by atoms with van der Waals surface area (Å²) in [6.07, 6.45) is 0.789. The van der Waals surface area contributed by atoms with Crippen LogP contribution in [0.3, 0.4) is 0 Å². The molecule has 2 aromatic rings. The molecule has 3 amide bonds. The molecular formula is C23H30FN3O3S. The Balaban J connectivity index is 1.75. The van der Waals surface area contributed by atoms with Crippen LogP contribution in [0.25, 0.3) is 0 Å². The van der Waals surface area contributed by atoms with Gasteiger partial charge in [-0.05, 0) is 60.5 Å². The van der Waals surface area contributed by atoms with Crippen molar-refractivity contribution < 1.29 is 18.7 Å². The fraction of sp³-hybridized carbons (Fsp3) is 0.478. The van der Waals surface area contributed by atoms with E-state index in [0.29, 0.717) is 25.4 Å². The number of rotatable bonds is 8. The molecule has 0 radical (unpaired) electrons. The van der Waals surface area contributed by atoms with Crippen LogP contribution in [0.15, 0.2) is 35.7 Å². The smallest absolute Gasteiger partial charge is 0.317 e. The summed E-state index contributed by atoms with van der Waals surface area (Å²) >= 11 is 1.68. The maximum absolute atomic E-state index is 13.3. The molecule has 1 aromatic carbocycles. The molecule has 1 N–H and O–H groups in total. The highest BCUT2D eigenvalue weighted by atomic mass is 32.1. The molecule has 1 aliphatic heterocycles. The average Bonchev–Trinajstić information content (AvgIpc) is 3.21. The first kappa shape index (κ1) is 23.1. The Morgan fingerprint density at radius 2 is 2.03 bits per heavy atom. The molecular weight excluding hydrogens is 417 g/mol. The van der Waals surface area contributed by atoms with E-state index in [0.717, 1.165) is 12.0 Å². The lowest BCUT2D eigenvalue weighted by atomic mass is 10.0. The van der Waals surface area contributed by atoms with Gasteiger partial charge in [0.15, 0.2) is 0 Å². The Bertz CT molecular complexity index is 884. The summed E-state index contributed by atoms with van der Waals surface area (Å²) in [5.41, 5.74) is 1.08. The Labute approximate surface area is 187 Å². The van der Waals surface area contributed by atoms with Gasteiger partial charge in [-0.15, -0.1) is 11.3 Å². The second-order valence-corrected chi connectivity index (χ2v) is 9.03. The zero-order chi connectivity index (χ0) is 22.4. The lowest BCUT2D eigenvalue weighted by molar-refractivity contribution is -0.135. The van der Waals surface area contributed by atoms with Crippen molar-refractivity contribution in [3.63, 3.8) is 0 Å². The zero-order valence-corrected chi connectivity index (χ0v) is 19.1. The molecule has 0 saturated heterocycles. The summed E-state index contributed by atoms with van der Waals surface area (Å²) in [5.74, 6) is 0.381. The highest BCUT2D eigenvalue weighted by molar-refractivity contribution is 7.10. The second kappa shape index (κ2) is 10.6. The Morgan fingerprint density at radius 3 is 2.71 bits per heavy atom. The summed E-state index contributed by atoms with van der Waals surface area (Å²) in [5, 5.41) is 4.83. The first-order chi connectivity index (χ1) is 14.9. The van der Waals surface area contributed by atoms with Gasteiger partial charge < -0.3 is 19.9 Å². The Kier molecular flexibility index (Phi) is 7.90. The van der Waals surface area contributed by atoms with E-state index in [1.54, 1.807) is 28.4 Å². The van der Waals surface area contributed by atoms with Gasteiger partial charge in [0.1, 0.15) is 24.7 Å². The highest BCUT2D eigenvalue weighted by Gasteiger charge is 2.33. The van der Waals surface area contributed by atoms with Crippen molar-refractivity contribution in [2.75, 3.05) is 32.8 Å². The van der Waals surface area contributed by atoms with Crippen LogP contribution in [0, 0.1) is 11.7 Å². The Hall–Kier alpha value is -2.61. The van der Waals surface area contributed by atoms with Gasteiger partial charge in [0.2, 0.25) is 5.91 Å². The zero-order valence-electron chi connectivity index (χ0n) is 18.3. The van der Waals surface area contributed by atoms with Gasteiger partial charge >= 0.3 is 6.03 Å². The number of halogens is 1. The molecule has 1 atom stereocenters. The van der Waals surface area contributed by atoms with Crippen molar-refractivity contribution in [1.29, 1.82) is 0 Å². The van der Waals surface area contributed by atoms with E-state index in [-0.39, 0.29) is 42.9 Å². The van der Waals surface area contributed by atoms with Crippen LogP contribution in [0.2, 0.25) is 0 Å². The average molecular weight is 448 g/mol. The normalized spacial score (nSPS) is 15.5. The molecule has 3 rings (SSSR count). The van der Waals surface area contributed by atoms with Gasteiger partial charge in [-0.3, -0.25) is 4.79 Å². The number of nitrogens with one attached hydrogen (secondary N) is 1. The largest absolute Gasteiger partial charge is 0.491 e. The molecule has 0 spiro atoms. The number of benzene rings is 1.